The van der Waals surface area contributed by atoms with Gasteiger partial charge in [0.2, 0.25) is 10.0 Å². The molecule has 4 rings (SSSR count). The van der Waals surface area contributed by atoms with Gasteiger partial charge in [-0.1, -0.05) is 24.3 Å². The zero-order valence-corrected chi connectivity index (χ0v) is 25.4. The molecule has 0 aromatic heterocycles. The Bertz CT molecular complexity index is 1690. The number of benzene rings is 3. The van der Waals surface area contributed by atoms with Crippen LogP contribution in [-0.4, -0.2) is 80.2 Å². The molecule has 0 atom stereocenters. The van der Waals surface area contributed by atoms with Crippen LogP contribution in [0.5, 0.6) is 5.75 Å². The van der Waals surface area contributed by atoms with Crippen LogP contribution < -0.4 is 14.8 Å². The van der Waals surface area contributed by atoms with Crippen molar-refractivity contribution in [3.8, 4) is 5.75 Å². The summed E-state index contributed by atoms with van der Waals surface area (Å²) >= 11 is 0. The van der Waals surface area contributed by atoms with Gasteiger partial charge in [0.15, 0.2) is 5.75 Å². The Morgan fingerprint density at radius 2 is 1.58 bits per heavy atom. The predicted molar refractivity (Wildman–Crippen MR) is 165 cm³/mol. The van der Waals surface area contributed by atoms with Gasteiger partial charge < -0.3 is 20.5 Å². The SMILES string of the molecule is CC(=N)N1CCC(Oc2ccc(N(Cc3ccc4ccc(C(=N)N)cc4c3)S(=O)(=O)CC(=O)O)cc2)CC1.CS(=O)(=O)O. The monoisotopic (exact) mass is 633 g/mol. The number of carbonyl (C=O) groups is 1. The molecule has 1 fully saturated rings. The topological polar surface area (TPSA) is 215 Å². The average molecular weight is 634 g/mol. The number of likely N-dealkylation sites (tertiary alicyclic amines) is 1. The Balaban J connectivity index is 0.000000934. The second kappa shape index (κ2) is 13.8. The van der Waals surface area contributed by atoms with Gasteiger partial charge in [-0.2, -0.15) is 8.42 Å². The second-order valence-electron chi connectivity index (χ2n) is 10.1. The van der Waals surface area contributed by atoms with Crippen molar-refractivity contribution in [2.24, 2.45) is 5.73 Å². The molecular weight excluding hydrogens is 598 g/mol. The molecular formula is C28H35N5O8S2. The molecule has 0 unspecified atom stereocenters. The molecule has 0 bridgehead atoms. The summed E-state index contributed by atoms with van der Waals surface area (Å²) in [6.07, 6.45) is 2.28. The highest BCUT2D eigenvalue weighted by Gasteiger charge is 2.27. The van der Waals surface area contributed by atoms with Gasteiger partial charge >= 0.3 is 5.97 Å². The lowest BCUT2D eigenvalue weighted by Crippen LogP contribution is -2.40. The number of piperidine rings is 1. The highest BCUT2D eigenvalue weighted by atomic mass is 32.2. The fourth-order valence-corrected chi connectivity index (χ4v) is 5.76. The third-order valence-corrected chi connectivity index (χ3v) is 8.15. The number of aliphatic carboxylic acids is 1. The number of nitrogen functional groups attached to an aromatic ring is 1. The largest absolute Gasteiger partial charge is 0.490 e. The van der Waals surface area contributed by atoms with Crippen LogP contribution in [0.2, 0.25) is 0 Å². The molecule has 3 aromatic rings. The van der Waals surface area contributed by atoms with Crippen molar-refractivity contribution in [3.63, 3.8) is 0 Å². The maximum atomic E-state index is 13.1. The molecule has 1 aliphatic heterocycles. The van der Waals surface area contributed by atoms with Gasteiger partial charge in [-0.15, -0.1) is 0 Å². The number of nitrogens with one attached hydrogen (secondary N) is 2. The highest BCUT2D eigenvalue weighted by molar-refractivity contribution is 7.93. The first-order chi connectivity index (χ1) is 20.0. The standard InChI is InChI=1S/C27H31N5O5S.CH4O3S/c1-18(28)31-12-10-25(11-13-31)37-24-8-6-23(7-9-24)32(38(35,36)17-26(33)34)16-19-2-3-20-4-5-21(27(29)30)15-22(20)14-19;1-5(2,3)4/h2-9,14-15,25,28H,10-13,16-17H2,1H3,(H3,29,30)(H,33,34);1H3,(H,2,3,4). The number of sulfonamides is 1. The van der Waals surface area contributed by atoms with E-state index in [9.17, 15) is 26.7 Å². The van der Waals surface area contributed by atoms with Crippen molar-refractivity contribution >= 4 is 54.2 Å². The van der Waals surface area contributed by atoms with E-state index in [0.29, 0.717) is 34.7 Å². The quantitative estimate of drug-likeness (QED) is 0.132. The van der Waals surface area contributed by atoms with E-state index in [1.165, 1.54) is 0 Å². The van der Waals surface area contributed by atoms with Crippen LogP contribution in [0.15, 0.2) is 60.7 Å². The molecule has 6 N–H and O–H groups in total. The van der Waals surface area contributed by atoms with Crippen LogP contribution in [0.3, 0.4) is 0 Å². The number of carboxylic acid groups (broad SMARTS) is 1. The molecule has 0 aliphatic carbocycles. The smallest absolute Gasteiger partial charge is 0.320 e. The van der Waals surface area contributed by atoms with E-state index in [4.69, 9.17) is 25.8 Å². The molecule has 43 heavy (non-hydrogen) atoms. The highest BCUT2D eigenvalue weighted by Crippen LogP contribution is 2.27. The summed E-state index contributed by atoms with van der Waals surface area (Å²) < 4.78 is 59.2. The summed E-state index contributed by atoms with van der Waals surface area (Å²) in [5.74, 6) is -1.41. The van der Waals surface area contributed by atoms with Crippen molar-refractivity contribution in [2.75, 3.05) is 29.4 Å². The van der Waals surface area contributed by atoms with Gasteiger partial charge in [0.05, 0.1) is 24.3 Å². The van der Waals surface area contributed by atoms with Gasteiger partial charge in [0.1, 0.15) is 17.7 Å². The number of anilines is 1. The minimum absolute atomic E-state index is 0.000731. The summed E-state index contributed by atoms with van der Waals surface area (Å²) in [7, 11) is -7.86. The van der Waals surface area contributed by atoms with Crippen LogP contribution in [0, 0.1) is 10.8 Å². The molecule has 0 amide bonds. The van der Waals surface area contributed by atoms with Gasteiger partial charge in [0, 0.05) is 31.5 Å². The maximum absolute atomic E-state index is 13.1. The molecule has 0 saturated carbocycles. The minimum atomic E-state index is -4.19. The fraction of sp³-hybridized carbons (Fsp3) is 0.321. The second-order valence-corrected chi connectivity index (χ2v) is 13.4. The van der Waals surface area contributed by atoms with E-state index in [1.807, 2.05) is 23.1 Å². The molecule has 3 aromatic carbocycles. The number of amidine groups is 2. The number of carboxylic acids is 1. The van der Waals surface area contributed by atoms with E-state index < -0.39 is 31.9 Å². The van der Waals surface area contributed by atoms with Crippen LogP contribution >= 0.6 is 0 Å². The van der Waals surface area contributed by atoms with Crippen molar-refractivity contribution < 1.29 is 36.0 Å². The number of hydrogen-bond acceptors (Lipinski definition) is 8. The van der Waals surface area contributed by atoms with Crippen LogP contribution in [0.4, 0.5) is 5.69 Å². The van der Waals surface area contributed by atoms with Crippen LogP contribution in [0.25, 0.3) is 10.8 Å². The van der Waals surface area contributed by atoms with E-state index in [-0.39, 0.29) is 18.5 Å². The van der Waals surface area contributed by atoms with Gasteiger partial charge in [0.25, 0.3) is 10.1 Å². The zero-order valence-electron chi connectivity index (χ0n) is 23.7. The number of rotatable bonds is 9. The number of fused-ring (bicyclic) bond motifs is 1. The number of nitrogens with two attached hydrogens (primary N) is 1. The molecule has 15 heteroatoms. The Labute approximate surface area is 250 Å². The molecule has 232 valence electrons. The average Bonchev–Trinajstić information content (AvgIpc) is 2.90. The third kappa shape index (κ3) is 10.2. The summed E-state index contributed by atoms with van der Waals surface area (Å²) in [5, 5.41) is 26.4. The molecule has 1 aliphatic rings. The van der Waals surface area contributed by atoms with Gasteiger partial charge in [-0.05, 0) is 59.7 Å². The van der Waals surface area contributed by atoms with Crippen molar-refractivity contribution in [1.29, 1.82) is 10.8 Å². The third-order valence-electron chi connectivity index (χ3n) is 6.53. The van der Waals surface area contributed by atoms with E-state index in [2.05, 4.69) is 0 Å². The first kappa shape index (κ1) is 33.3. The lowest BCUT2D eigenvalue weighted by atomic mass is 10.0. The Kier molecular flexibility index (Phi) is 10.7. The predicted octanol–water partition coefficient (Wildman–Crippen LogP) is 2.89. The normalized spacial score (nSPS) is 14.0. The lowest BCUT2D eigenvalue weighted by Gasteiger charge is -2.33. The molecule has 1 heterocycles. The summed E-state index contributed by atoms with van der Waals surface area (Å²) in [6, 6.07) is 17.4. The van der Waals surface area contributed by atoms with Crippen molar-refractivity contribution in [2.45, 2.75) is 32.4 Å². The molecule has 0 radical (unpaired) electrons. The summed E-state index contributed by atoms with van der Waals surface area (Å²) in [4.78, 5) is 13.3. The van der Waals surface area contributed by atoms with E-state index in [1.54, 1.807) is 49.4 Å². The van der Waals surface area contributed by atoms with Gasteiger partial charge in [-0.25, -0.2) is 8.42 Å². The van der Waals surface area contributed by atoms with E-state index in [0.717, 1.165) is 41.0 Å². The number of hydrogen-bond donors (Lipinski definition) is 5. The number of ether oxygens (including phenoxy) is 1. The Morgan fingerprint density at radius 1 is 1.00 bits per heavy atom. The van der Waals surface area contributed by atoms with Crippen molar-refractivity contribution in [3.05, 3.63) is 71.8 Å². The number of nitrogens with zero attached hydrogens (tertiary/aromatic N) is 2. The van der Waals surface area contributed by atoms with E-state index >= 15 is 0 Å². The van der Waals surface area contributed by atoms with Crippen molar-refractivity contribution in [1.82, 2.24) is 4.90 Å². The first-order valence-electron chi connectivity index (χ1n) is 13.1. The summed E-state index contributed by atoms with van der Waals surface area (Å²) in [6.45, 7) is 3.20. The first-order valence-corrected chi connectivity index (χ1v) is 16.6. The van der Waals surface area contributed by atoms with Crippen LogP contribution in [-0.2, 0) is 31.5 Å². The molecule has 13 nitrogen and oxygen atoms in total. The van der Waals surface area contributed by atoms with Crippen LogP contribution in [0.1, 0.15) is 30.9 Å². The minimum Gasteiger partial charge on any atom is -0.490 e. The zero-order chi connectivity index (χ0) is 31.9. The Hall–Kier alpha value is -4.21. The molecule has 0 spiro atoms. The maximum Gasteiger partial charge on any atom is 0.320 e. The molecule has 1 saturated heterocycles. The Morgan fingerprint density at radius 3 is 2.12 bits per heavy atom. The lowest BCUT2D eigenvalue weighted by molar-refractivity contribution is -0.134. The fourth-order valence-electron chi connectivity index (χ4n) is 4.50. The van der Waals surface area contributed by atoms with Gasteiger partial charge in [-0.3, -0.25) is 24.5 Å². The summed E-state index contributed by atoms with van der Waals surface area (Å²) in [5.41, 5.74) is 7.14.